The molecule has 1 atom stereocenters. The molecule has 106 valence electrons. The average Bonchev–Trinajstić information content (AvgIpc) is 3.18. The lowest BCUT2D eigenvalue weighted by Gasteiger charge is -2.14. The van der Waals surface area contributed by atoms with Crippen molar-refractivity contribution in [3.05, 3.63) is 34.0 Å². The van der Waals surface area contributed by atoms with E-state index < -0.39 is 0 Å². The van der Waals surface area contributed by atoms with Crippen molar-refractivity contribution >= 4 is 11.3 Å². The van der Waals surface area contributed by atoms with E-state index in [0.29, 0.717) is 6.04 Å². The van der Waals surface area contributed by atoms with Crippen molar-refractivity contribution < 1.29 is 0 Å². The SMILES string of the molecule is c1cnn(C2CCN(Cc3nc4c(s3)CCCC4)C2)c1. The molecule has 1 saturated heterocycles. The molecule has 1 fully saturated rings. The number of nitrogens with zero attached hydrogens (tertiary/aromatic N) is 4. The molecule has 5 heteroatoms. The van der Waals surface area contributed by atoms with Crippen LogP contribution in [0.3, 0.4) is 0 Å². The summed E-state index contributed by atoms with van der Waals surface area (Å²) in [6.07, 6.45) is 10.3. The summed E-state index contributed by atoms with van der Waals surface area (Å²) in [5, 5.41) is 5.69. The van der Waals surface area contributed by atoms with Crippen molar-refractivity contribution in [3.8, 4) is 0 Å². The maximum absolute atomic E-state index is 4.86. The van der Waals surface area contributed by atoms with Crippen molar-refractivity contribution in [2.24, 2.45) is 0 Å². The molecular formula is C15H20N4S. The first kappa shape index (κ1) is 12.5. The zero-order chi connectivity index (χ0) is 13.4. The fourth-order valence-electron chi connectivity index (χ4n) is 3.33. The van der Waals surface area contributed by atoms with Gasteiger partial charge in [0.05, 0.1) is 18.3 Å². The van der Waals surface area contributed by atoms with Gasteiger partial charge in [-0.3, -0.25) is 9.58 Å². The van der Waals surface area contributed by atoms with E-state index in [9.17, 15) is 0 Å². The van der Waals surface area contributed by atoms with E-state index in [-0.39, 0.29) is 0 Å². The number of rotatable bonds is 3. The van der Waals surface area contributed by atoms with Gasteiger partial charge in [-0.2, -0.15) is 5.10 Å². The zero-order valence-corrected chi connectivity index (χ0v) is 12.5. The molecule has 0 bridgehead atoms. The van der Waals surface area contributed by atoms with Gasteiger partial charge in [-0.25, -0.2) is 4.98 Å². The van der Waals surface area contributed by atoms with Crippen LogP contribution in [0.2, 0.25) is 0 Å². The molecule has 3 heterocycles. The van der Waals surface area contributed by atoms with E-state index in [1.807, 2.05) is 23.6 Å². The minimum absolute atomic E-state index is 0.541. The van der Waals surface area contributed by atoms with Gasteiger partial charge in [-0.05, 0) is 38.2 Å². The first-order chi connectivity index (χ1) is 9.88. The standard InChI is InChI=1S/C15H20N4S/c1-2-5-14-13(4-1)17-15(20-14)11-18-9-6-12(10-18)19-8-3-7-16-19/h3,7-8,12H,1-2,4-6,9-11H2. The smallest absolute Gasteiger partial charge is 0.107 e. The van der Waals surface area contributed by atoms with Crippen LogP contribution >= 0.6 is 11.3 Å². The van der Waals surface area contributed by atoms with Crippen LogP contribution in [0.15, 0.2) is 18.5 Å². The number of aryl methyl sites for hydroxylation is 2. The molecule has 0 saturated carbocycles. The Balaban J connectivity index is 1.41. The molecule has 4 rings (SSSR count). The molecule has 2 aromatic heterocycles. The van der Waals surface area contributed by atoms with E-state index in [0.717, 1.165) is 19.6 Å². The summed E-state index contributed by atoms with van der Waals surface area (Å²) in [4.78, 5) is 8.93. The molecule has 2 aromatic rings. The third-order valence-electron chi connectivity index (χ3n) is 4.40. The predicted molar refractivity (Wildman–Crippen MR) is 79.9 cm³/mol. The highest BCUT2D eigenvalue weighted by Crippen LogP contribution is 2.29. The second-order valence-electron chi connectivity index (χ2n) is 5.85. The van der Waals surface area contributed by atoms with Gasteiger partial charge in [0, 0.05) is 30.4 Å². The van der Waals surface area contributed by atoms with Gasteiger partial charge in [0.15, 0.2) is 0 Å². The first-order valence-corrected chi connectivity index (χ1v) is 8.39. The molecule has 1 aliphatic carbocycles. The number of aromatic nitrogens is 3. The van der Waals surface area contributed by atoms with Crippen LogP contribution in [0.1, 0.15) is 40.9 Å². The number of hydrogen-bond acceptors (Lipinski definition) is 4. The van der Waals surface area contributed by atoms with E-state index in [1.54, 1.807) is 4.88 Å². The Morgan fingerprint density at radius 3 is 3.10 bits per heavy atom. The second-order valence-corrected chi connectivity index (χ2v) is 7.02. The Kier molecular flexibility index (Phi) is 3.32. The van der Waals surface area contributed by atoms with Gasteiger partial charge in [-0.1, -0.05) is 0 Å². The van der Waals surface area contributed by atoms with Crippen LogP contribution in [-0.2, 0) is 19.4 Å². The summed E-state index contributed by atoms with van der Waals surface area (Å²) in [7, 11) is 0. The van der Waals surface area contributed by atoms with Crippen LogP contribution in [0.25, 0.3) is 0 Å². The van der Waals surface area contributed by atoms with Gasteiger partial charge in [-0.15, -0.1) is 11.3 Å². The first-order valence-electron chi connectivity index (χ1n) is 7.57. The minimum Gasteiger partial charge on any atom is -0.294 e. The molecule has 2 aliphatic rings. The second kappa shape index (κ2) is 5.30. The fourth-order valence-corrected chi connectivity index (χ4v) is 4.53. The Hall–Kier alpha value is -1.20. The Morgan fingerprint density at radius 2 is 2.25 bits per heavy atom. The lowest BCUT2D eigenvalue weighted by molar-refractivity contribution is 0.311. The number of hydrogen-bond donors (Lipinski definition) is 0. The Bertz CT molecular complexity index is 551. The largest absolute Gasteiger partial charge is 0.294 e. The van der Waals surface area contributed by atoms with E-state index >= 15 is 0 Å². The van der Waals surface area contributed by atoms with Crippen LogP contribution < -0.4 is 0 Å². The fraction of sp³-hybridized carbons (Fsp3) is 0.600. The van der Waals surface area contributed by atoms with Crippen molar-refractivity contribution in [2.45, 2.75) is 44.7 Å². The van der Waals surface area contributed by atoms with Gasteiger partial charge < -0.3 is 0 Å². The van der Waals surface area contributed by atoms with Gasteiger partial charge in [0.25, 0.3) is 0 Å². The summed E-state index contributed by atoms with van der Waals surface area (Å²) >= 11 is 1.95. The summed E-state index contributed by atoms with van der Waals surface area (Å²) < 4.78 is 2.10. The predicted octanol–water partition coefficient (Wildman–Crippen LogP) is 2.67. The highest BCUT2D eigenvalue weighted by molar-refractivity contribution is 7.11. The molecule has 1 aliphatic heterocycles. The molecule has 4 nitrogen and oxygen atoms in total. The Morgan fingerprint density at radius 1 is 1.30 bits per heavy atom. The van der Waals surface area contributed by atoms with Gasteiger partial charge in [0.1, 0.15) is 5.01 Å². The molecule has 20 heavy (non-hydrogen) atoms. The lowest BCUT2D eigenvalue weighted by atomic mass is 10.0. The lowest BCUT2D eigenvalue weighted by Crippen LogP contribution is -2.21. The van der Waals surface area contributed by atoms with E-state index in [4.69, 9.17) is 4.98 Å². The van der Waals surface area contributed by atoms with Gasteiger partial charge in [0.2, 0.25) is 0 Å². The topological polar surface area (TPSA) is 34.0 Å². The van der Waals surface area contributed by atoms with Gasteiger partial charge >= 0.3 is 0 Å². The maximum Gasteiger partial charge on any atom is 0.107 e. The summed E-state index contributed by atoms with van der Waals surface area (Å²) in [6, 6.07) is 2.55. The normalized spacial score (nSPS) is 23.1. The molecule has 0 radical (unpaired) electrons. The van der Waals surface area contributed by atoms with Crippen molar-refractivity contribution in [3.63, 3.8) is 0 Å². The van der Waals surface area contributed by atoms with Crippen molar-refractivity contribution in [2.75, 3.05) is 13.1 Å². The highest BCUT2D eigenvalue weighted by atomic mass is 32.1. The van der Waals surface area contributed by atoms with Crippen LogP contribution in [0.4, 0.5) is 0 Å². The number of thiazole rings is 1. The summed E-state index contributed by atoms with van der Waals surface area (Å²) in [6.45, 7) is 3.29. The van der Waals surface area contributed by atoms with E-state index in [2.05, 4.69) is 20.9 Å². The summed E-state index contributed by atoms with van der Waals surface area (Å²) in [5.74, 6) is 0. The minimum atomic E-state index is 0.541. The summed E-state index contributed by atoms with van der Waals surface area (Å²) in [5.41, 5.74) is 1.39. The quantitative estimate of drug-likeness (QED) is 0.871. The molecule has 0 amide bonds. The Labute approximate surface area is 123 Å². The maximum atomic E-state index is 4.86. The van der Waals surface area contributed by atoms with Crippen molar-refractivity contribution in [1.82, 2.24) is 19.7 Å². The molecule has 0 N–H and O–H groups in total. The van der Waals surface area contributed by atoms with Crippen LogP contribution in [0.5, 0.6) is 0 Å². The van der Waals surface area contributed by atoms with Crippen molar-refractivity contribution in [1.29, 1.82) is 0 Å². The molecule has 0 spiro atoms. The average molecular weight is 288 g/mol. The monoisotopic (exact) mass is 288 g/mol. The molecular weight excluding hydrogens is 268 g/mol. The zero-order valence-electron chi connectivity index (χ0n) is 11.7. The molecule has 1 unspecified atom stereocenters. The number of likely N-dealkylation sites (tertiary alicyclic amines) is 1. The number of fused-ring (bicyclic) bond motifs is 1. The third-order valence-corrected chi connectivity index (χ3v) is 5.54. The molecule has 0 aromatic carbocycles. The van der Waals surface area contributed by atoms with Crippen LogP contribution in [0, 0.1) is 0 Å². The van der Waals surface area contributed by atoms with Crippen LogP contribution in [-0.4, -0.2) is 32.8 Å². The third kappa shape index (κ3) is 2.40. The highest BCUT2D eigenvalue weighted by Gasteiger charge is 2.25. The van der Waals surface area contributed by atoms with E-state index in [1.165, 1.54) is 42.8 Å².